The minimum absolute atomic E-state index is 0.351. The minimum Gasteiger partial charge on any atom is -0.333 e. The summed E-state index contributed by atoms with van der Waals surface area (Å²) < 4.78 is 5.31. The molecule has 0 aliphatic carbocycles. The first-order chi connectivity index (χ1) is 8.24. The van der Waals surface area contributed by atoms with Crippen LogP contribution in [0.5, 0.6) is 0 Å². The molecule has 2 aromatic heterocycles. The Labute approximate surface area is 109 Å². The van der Waals surface area contributed by atoms with Crippen LogP contribution in [0.2, 0.25) is 0 Å². The lowest BCUT2D eigenvalue weighted by atomic mass is 10.2. The number of thioether (sulfide) groups is 1. The number of hydrogen-bond donors (Lipinski definition) is 1. The number of nitrogens with one attached hydrogen (secondary N) is 1. The van der Waals surface area contributed by atoms with Crippen molar-refractivity contribution in [1.29, 1.82) is 0 Å². The first-order valence-corrected chi connectivity index (χ1v) is 7.46. The molecule has 0 radical (unpaired) electrons. The fourth-order valence-electron chi connectivity index (χ4n) is 1.42. The first-order valence-electron chi connectivity index (χ1n) is 5.36. The second-order valence-corrected chi connectivity index (χ2v) is 5.49. The molecule has 0 aromatic carbocycles. The van der Waals surface area contributed by atoms with Crippen LogP contribution in [-0.2, 0) is 6.42 Å². The van der Waals surface area contributed by atoms with E-state index in [1.54, 1.807) is 23.1 Å². The zero-order valence-corrected chi connectivity index (χ0v) is 11.7. The van der Waals surface area contributed by atoms with Crippen molar-refractivity contribution < 1.29 is 4.52 Å². The van der Waals surface area contributed by atoms with Crippen molar-refractivity contribution in [3.8, 4) is 10.8 Å². The molecule has 0 aliphatic heterocycles. The Morgan fingerprint density at radius 1 is 1.59 bits per heavy atom. The SMILES string of the molecule is CNC(C)Cc1noc(-c2sccc2SC)n1. The maximum absolute atomic E-state index is 5.31. The number of likely N-dealkylation sites (N-methyl/N-ethyl adjacent to an activating group) is 1. The second kappa shape index (κ2) is 5.66. The average Bonchev–Trinajstić information content (AvgIpc) is 2.95. The smallest absolute Gasteiger partial charge is 0.269 e. The van der Waals surface area contributed by atoms with E-state index in [2.05, 4.69) is 28.4 Å². The molecule has 17 heavy (non-hydrogen) atoms. The molecule has 0 saturated heterocycles. The van der Waals surface area contributed by atoms with Crippen molar-refractivity contribution in [2.45, 2.75) is 24.3 Å². The summed E-state index contributed by atoms with van der Waals surface area (Å²) in [6.45, 7) is 2.09. The summed E-state index contributed by atoms with van der Waals surface area (Å²) in [5.41, 5.74) is 0. The summed E-state index contributed by atoms with van der Waals surface area (Å²) in [7, 11) is 1.93. The Morgan fingerprint density at radius 3 is 3.12 bits per heavy atom. The zero-order valence-electron chi connectivity index (χ0n) is 10.1. The van der Waals surface area contributed by atoms with Crippen molar-refractivity contribution >= 4 is 23.1 Å². The van der Waals surface area contributed by atoms with Crippen molar-refractivity contribution in [3.05, 3.63) is 17.3 Å². The monoisotopic (exact) mass is 269 g/mol. The fourth-order valence-corrected chi connectivity index (χ4v) is 3.08. The van der Waals surface area contributed by atoms with Crippen LogP contribution in [0.4, 0.5) is 0 Å². The highest BCUT2D eigenvalue weighted by Gasteiger charge is 2.15. The van der Waals surface area contributed by atoms with E-state index < -0.39 is 0 Å². The van der Waals surface area contributed by atoms with E-state index in [0.717, 1.165) is 17.1 Å². The Hall–Kier alpha value is -0.850. The molecule has 1 unspecified atom stereocenters. The van der Waals surface area contributed by atoms with E-state index in [0.29, 0.717) is 11.9 Å². The third-order valence-corrected chi connectivity index (χ3v) is 4.30. The van der Waals surface area contributed by atoms with E-state index in [1.807, 2.05) is 18.7 Å². The minimum atomic E-state index is 0.351. The first kappa shape index (κ1) is 12.6. The van der Waals surface area contributed by atoms with Crippen molar-refractivity contribution in [2.24, 2.45) is 0 Å². The Bertz CT molecular complexity index is 481. The molecule has 6 heteroatoms. The molecule has 4 nitrogen and oxygen atoms in total. The van der Waals surface area contributed by atoms with Gasteiger partial charge in [0, 0.05) is 17.4 Å². The summed E-state index contributed by atoms with van der Waals surface area (Å²) in [6, 6.07) is 2.42. The normalized spacial score (nSPS) is 12.9. The molecule has 1 N–H and O–H groups in total. The van der Waals surface area contributed by atoms with E-state index in [-0.39, 0.29) is 0 Å². The molecule has 2 heterocycles. The van der Waals surface area contributed by atoms with Gasteiger partial charge in [0.1, 0.15) is 4.88 Å². The van der Waals surface area contributed by atoms with Gasteiger partial charge in [-0.2, -0.15) is 4.98 Å². The molecule has 0 aliphatic rings. The van der Waals surface area contributed by atoms with Crippen LogP contribution in [0.25, 0.3) is 10.8 Å². The van der Waals surface area contributed by atoms with Crippen molar-refractivity contribution in [1.82, 2.24) is 15.5 Å². The molecule has 0 bridgehead atoms. The third-order valence-electron chi connectivity index (χ3n) is 2.49. The van der Waals surface area contributed by atoms with Crippen molar-refractivity contribution in [2.75, 3.05) is 13.3 Å². The highest BCUT2D eigenvalue weighted by atomic mass is 32.2. The quantitative estimate of drug-likeness (QED) is 0.846. The molecule has 1 atom stereocenters. The van der Waals surface area contributed by atoms with Gasteiger partial charge in [-0.15, -0.1) is 23.1 Å². The summed E-state index contributed by atoms with van der Waals surface area (Å²) in [6.07, 6.45) is 2.83. The fraction of sp³-hybridized carbons (Fsp3) is 0.455. The van der Waals surface area contributed by atoms with Gasteiger partial charge in [0.2, 0.25) is 0 Å². The van der Waals surface area contributed by atoms with Crippen LogP contribution in [0.15, 0.2) is 20.9 Å². The lowest BCUT2D eigenvalue weighted by molar-refractivity contribution is 0.418. The van der Waals surface area contributed by atoms with E-state index >= 15 is 0 Å². The highest BCUT2D eigenvalue weighted by Crippen LogP contribution is 2.34. The molecule has 0 fully saturated rings. The maximum atomic E-state index is 5.31. The number of aromatic nitrogens is 2. The van der Waals surface area contributed by atoms with Crippen LogP contribution in [0.1, 0.15) is 12.7 Å². The van der Waals surface area contributed by atoms with Crippen LogP contribution >= 0.6 is 23.1 Å². The number of thiophene rings is 1. The van der Waals surface area contributed by atoms with Gasteiger partial charge in [-0.1, -0.05) is 5.16 Å². The standard InChI is InChI=1S/C11H15N3OS2/c1-7(12-2)6-9-13-11(15-14-9)10-8(16-3)4-5-17-10/h4-5,7,12H,6H2,1-3H3. The molecular weight excluding hydrogens is 254 g/mol. The molecule has 2 rings (SSSR count). The van der Waals surface area contributed by atoms with Crippen LogP contribution in [0, 0.1) is 0 Å². The number of nitrogens with zero attached hydrogens (tertiary/aromatic N) is 2. The Balaban J connectivity index is 2.18. The lowest BCUT2D eigenvalue weighted by Crippen LogP contribution is -2.24. The molecular formula is C11H15N3OS2. The van der Waals surface area contributed by atoms with Crippen molar-refractivity contribution in [3.63, 3.8) is 0 Å². The lowest BCUT2D eigenvalue weighted by Gasteiger charge is -2.04. The van der Waals surface area contributed by atoms with Crippen LogP contribution in [0.3, 0.4) is 0 Å². The van der Waals surface area contributed by atoms with Gasteiger partial charge >= 0.3 is 0 Å². The van der Waals surface area contributed by atoms with Gasteiger partial charge in [-0.3, -0.25) is 0 Å². The van der Waals surface area contributed by atoms with Gasteiger partial charge < -0.3 is 9.84 Å². The highest BCUT2D eigenvalue weighted by molar-refractivity contribution is 7.98. The maximum Gasteiger partial charge on any atom is 0.269 e. The van der Waals surface area contributed by atoms with E-state index in [9.17, 15) is 0 Å². The summed E-state index contributed by atoms with van der Waals surface area (Å²) >= 11 is 3.33. The Morgan fingerprint density at radius 2 is 2.41 bits per heavy atom. The number of rotatable bonds is 5. The van der Waals surface area contributed by atoms with Gasteiger partial charge in [0.25, 0.3) is 5.89 Å². The van der Waals surface area contributed by atoms with Gasteiger partial charge in [-0.25, -0.2) is 0 Å². The summed E-state index contributed by atoms with van der Waals surface area (Å²) in [5.74, 6) is 1.38. The third kappa shape index (κ3) is 2.88. The second-order valence-electron chi connectivity index (χ2n) is 3.73. The molecule has 0 spiro atoms. The van der Waals surface area contributed by atoms with Crippen LogP contribution < -0.4 is 5.32 Å². The average molecular weight is 269 g/mol. The predicted molar refractivity (Wildman–Crippen MR) is 71.6 cm³/mol. The number of hydrogen-bond acceptors (Lipinski definition) is 6. The predicted octanol–water partition coefficient (Wildman–Crippen LogP) is 2.67. The molecule has 2 aromatic rings. The summed E-state index contributed by atoms with van der Waals surface area (Å²) in [5, 5.41) is 9.21. The van der Waals surface area contributed by atoms with Gasteiger partial charge in [0.15, 0.2) is 5.82 Å². The molecule has 0 saturated carbocycles. The molecule has 92 valence electrons. The Kier molecular flexibility index (Phi) is 4.20. The molecule has 0 amide bonds. The van der Waals surface area contributed by atoms with Gasteiger partial charge in [-0.05, 0) is 31.7 Å². The van der Waals surface area contributed by atoms with E-state index in [1.165, 1.54) is 4.90 Å². The van der Waals surface area contributed by atoms with Gasteiger partial charge in [0.05, 0.1) is 0 Å². The summed E-state index contributed by atoms with van der Waals surface area (Å²) in [4.78, 5) is 6.68. The largest absolute Gasteiger partial charge is 0.333 e. The zero-order chi connectivity index (χ0) is 12.3. The topological polar surface area (TPSA) is 51.0 Å². The van der Waals surface area contributed by atoms with Crippen LogP contribution in [-0.4, -0.2) is 29.5 Å². The van der Waals surface area contributed by atoms with E-state index in [4.69, 9.17) is 4.52 Å².